The Hall–Kier alpha value is -3.92. The second-order valence-corrected chi connectivity index (χ2v) is 7.80. The number of hydrogen-bond acceptors (Lipinski definition) is 4. The van der Waals surface area contributed by atoms with E-state index >= 15 is 0 Å². The number of nitrogens with zero attached hydrogens (tertiary/aromatic N) is 1. The van der Waals surface area contributed by atoms with Crippen molar-refractivity contribution < 1.29 is 28.2 Å². The monoisotopic (exact) mass is 451 g/mol. The minimum absolute atomic E-state index is 0.103. The number of benzene rings is 3. The molecule has 170 valence electrons. The Labute approximate surface area is 190 Å². The van der Waals surface area contributed by atoms with Crippen LogP contribution in [0.1, 0.15) is 42.0 Å². The van der Waals surface area contributed by atoms with Gasteiger partial charge in [0.2, 0.25) is 0 Å². The summed E-state index contributed by atoms with van der Waals surface area (Å²) in [5.74, 6) is -1.35. The summed E-state index contributed by atoms with van der Waals surface area (Å²) >= 11 is 0. The van der Waals surface area contributed by atoms with Crippen molar-refractivity contribution in [2.24, 2.45) is 5.92 Å². The molecule has 3 rings (SSSR count). The molecule has 0 aliphatic rings. The molecule has 0 fully saturated rings. The van der Waals surface area contributed by atoms with E-state index in [0.717, 1.165) is 5.56 Å². The lowest BCUT2D eigenvalue weighted by molar-refractivity contribution is -0.139. The van der Waals surface area contributed by atoms with E-state index in [0.29, 0.717) is 22.6 Å². The quantitative estimate of drug-likeness (QED) is 0.409. The van der Waals surface area contributed by atoms with Crippen molar-refractivity contribution in [2.45, 2.75) is 32.8 Å². The number of aliphatic carboxylic acids is 1. The summed E-state index contributed by atoms with van der Waals surface area (Å²) in [6.07, 6.45) is 0.140. The molecule has 0 aliphatic carbocycles. The van der Waals surface area contributed by atoms with E-state index < -0.39 is 18.5 Å². The third kappa shape index (κ3) is 5.86. The zero-order valence-corrected chi connectivity index (χ0v) is 18.2. The van der Waals surface area contributed by atoms with E-state index in [2.05, 4.69) is 4.74 Å². The molecule has 3 aromatic carbocycles. The summed E-state index contributed by atoms with van der Waals surface area (Å²) in [6.45, 7) is 0.401. The molecule has 0 spiro atoms. The standard InChI is InChI=1S/C26H23F2NO4/c1-16(2)24(25(30)31)20-11-12-23(33-26(27)28)22(15-29)21(20)14-17-7-6-10-19(13-17)32-18-8-4-3-5-9-18/h3-13,16,24,26H,14H2,1-2H3,(H,30,31). The van der Waals surface area contributed by atoms with Crippen LogP contribution >= 0.6 is 0 Å². The van der Waals surface area contributed by atoms with Gasteiger partial charge in [0.05, 0.1) is 11.5 Å². The number of para-hydroxylation sites is 1. The van der Waals surface area contributed by atoms with Crippen molar-refractivity contribution in [1.29, 1.82) is 5.26 Å². The van der Waals surface area contributed by atoms with Crippen molar-refractivity contribution in [3.8, 4) is 23.3 Å². The van der Waals surface area contributed by atoms with Crippen LogP contribution in [-0.2, 0) is 11.2 Å². The number of halogens is 2. The van der Waals surface area contributed by atoms with E-state index in [1.54, 1.807) is 38.1 Å². The molecule has 0 saturated carbocycles. The maximum Gasteiger partial charge on any atom is 0.387 e. The van der Waals surface area contributed by atoms with E-state index in [1.165, 1.54) is 12.1 Å². The Morgan fingerprint density at radius 3 is 2.33 bits per heavy atom. The fourth-order valence-corrected chi connectivity index (χ4v) is 3.77. The molecule has 1 unspecified atom stereocenters. The van der Waals surface area contributed by atoms with E-state index in [4.69, 9.17) is 4.74 Å². The average molecular weight is 451 g/mol. The first kappa shape index (κ1) is 23.7. The SMILES string of the molecule is CC(C)C(C(=O)O)c1ccc(OC(F)F)c(C#N)c1Cc1cccc(Oc2ccccc2)c1. The van der Waals surface area contributed by atoms with Crippen LogP contribution in [0.3, 0.4) is 0 Å². The largest absolute Gasteiger partial charge is 0.481 e. The van der Waals surface area contributed by atoms with Crippen LogP contribution in [0.4, 0.5) is 8.78 Å². The third-order valence-electron chi connectivity index (χ3n) is 5.16. The average Bonchev–Trinajstić information content (AvgIpc) is 2.75. The molecule has 1 atom stereocenters. The van der Waals surface area contributed by atoms with Crippen LogP contribution < -0.4 is 9.47 Å². The van der Waals surface area contributed by atoms with Crippen molar-refractivity contribution in [2.75, 3.05) is 0 Å². The number of ether oxygens (including phenoxy) is 2. The van der Waals surface area contributed by atoms with E-state index in [1.807, 2.05) is 36.4 Å². The van der Waals surface area contributed by atoms with Gasteiger partial charge in [-0.05, 0) is 59.4 Å². The Morgan fingerprint density at radius 1 is 1.03 bits per heavy atom. The van der Waals surface area contributed by atoms with Crippen LogP contribution in [0, 0.1) is 17.2 Å². The van der Waals surface area contributed by atoms with Crippen LogP contribution in [0.25, 0.3) is 0 Å². The fraction of sp³-hybridized carbons (Fsp3) is 0.231. The number of carbonyl (C=O) groups is 1. The zero-order chi connectivity index (χ0) is 24.0. The molecule has 0 saturated heterocycles. The Kier molecular flexibility index (Phi) is 7.62. The van der Waals surface area contributed by atoms with Gasteiger partial charge in [0.25, 0.3) is 0 Å². The highest BCUT2D eigenvalue weighted by Crippen LogP contribution is 2.36. The number of nitriles is 1. The summed E-state index contributed by atoms with van der Waals surface area (Å²) in [7, 11) is 0. The van der Waals surface area contributed by atoms with Crippen molar-refractivity contribution in [1.82, 2.24) is 0 Å². The molecular weight excluding hydrogens is 428 g/mol. The van der Waals surface area contributed by atoms with Crippen LogP contribution in [0.15, 0.2) is 66.7 Å². The van der Waals surface area contributed by atoms with Crippen LogP contribution in [0.2, 0.25) is 0 Å². The summed E-state index contributed by atoms with van der Waals surface area (Å²) in [5.41, 5.74) is 1.36. The Balaban J connectivity index is 2.07. The van der Waals surface area contributed by atoms with Gasteiger partial charge in [-0.3, -0.25) is 4.79 Å². The first-order valence-electron chi connectivity index (χ1n) is 10.4. The van der Waals surface area contributed by atoms with Crippen molar-refractivity contribution >= 4 is 5.97 Å². The minimum atomic E-state index is -3.11. The van der Waals surface area contributed by atoms with Crippen LogP contribution in [0.5, 0.6) is 17.2 Å². The molecule has 5 nitrogen and oxygen atoms in total. The van der Waals surface area contributed by atoms with Crippen molar-refractivity contribution in [3.63, 3.8) is 0 Å². The number of hydrogen-bond donors (Lipinski definition) is 1. The van der Waals surface area contributed by atoms with Gasteiger partial charge in [0.15, 0.2) is 0 Å². The molecule has 0 amide bonds. The van der Waals surface area contributed by atoms with E-state index in [9.17, 15) is 23.9 Å². The Morgan fingerprint density at radius 2 is 1.73 bits per heavy atom. The lowest BCUT2D eigenvalue weighted by Gasteiger charge is -2.22. The first-order chi connectivity index (χ1) is 15.8. The maximum absolute atomic E-state index is 12.9. The van der Waals surface area contributed by atoms with Gasteiger partial charge in [-0.25, -0.2) is 0 Å². The molecule has 7 heteroatoms. The summed E-state index contributed by atoms with van der Waals surface area (Å²) in [6, 6.07) is 20.9. The Bertz CT molecular complexity index is 1160. The number of carboxylic acids is 1. The van der Waals surface area contributed by atoms with Gasteiger partial charge < -0.3 is 14.6 Å². The molecule has 0 heterocycles. The van der Waals surface area contributed by atoms with Gasteiger partial charge >= 0.3 is 12.6 Å². The van der Waals surface area contributed by atoms with E-state index in [-0.39, 0.29) is 23.7 Å². The first-order valence-corrected chi connectivity index (χ1v) is 10.4. The highest BCUT2D eigenvalue weighted by atomic mass is 19.3. The normalized spacial score (nSPS) is 11.8. The topological polar surface area (TPSA) is 79.5 Å². The zero-order valence-electron chi connectivity index (χ0n) is 18.2. The molecule has 0 aromatic heterocycles. The number of alkyl halides is 2. The maximum atomic E-state index is 12.9. The lowest BCUT2D eigenvalue weighted by atomic mass is 9.82. The summed E-state index contributed by atoms with van der Waals surface area (Å²) in [4.78, 5) is 12.0. The predicted molar refractivity (Wildman–Crippen MR) is 119 cm³/mol. The van der Waals surface area contributed by atoms with Gasteiger partial charge in [0.1, 0.15) is 23.3 Å². The summed E-state index contributed by atoms with van der Waals surface area (Å²) < 4.78 is 36.3. The van der Waals surface area contributed by atoms with Gasteiger partial charge in [-0.15, -0.1) is 0 Å². The molecule has 0 radical (unpaired) electrons. The molecule has 33 heavy (non-hydrogen) atoms. The molecule has 1 N–H and O–H groups in total. The smallest absolute Gasteiger partial charge is 0.387 e. The molecule has 0 bridgehead atoms. The minimum Gasteiger partial charge on any atom is -0.481 e. The second kappa shape index (κ2) is 10.6. The van der Waals surface area contributed by atoms with Crippen LogP contribution in [-0.4, -0.2) is 17.7 Å². The fourth-order valence-electron chi connectivity index (χ4n) is 3.77. The number of carboxylic acid groups (broad SMARTS) is 1. The molecular formula is C26H23F2NO4. The predicted octanol–water partition coefficient (Wildman–Crippen LogP) is 6.37. The summed E-state index contributed by atoms with van der Waals surface area (Å²) in [5, 5.41) is 19.6. The second-order valence-electron chi connectivity index (χ2n) is 7.80. The van der Waals surface area contributed by atoms with Gasteiger partial charge in [-0.1, -0.05) is 50.2 Å². The highest BCUT2D eigenvalue weighted by Gasteiger charge is 2.29. The van der Waals surface area contributed by atoms with Gasteiger partial charge in [0, 0.05) is 0 Å². The molecule has 3 aromatic rings. The molecule has 0 aliphatic heterocycles. The number of rotatable bonds is 9. The third-order valence-corrected chi connectivity index (χ3v) is 5.16. The van der Waals surface area contributed by atoms with Crippen molar-refractivity contribution in [3.05, 3.63) is 89.0 Å². The lowest BCUT2D eigenvalue weighted by Crippen LogP contribution is -2.20. The van der Waals surface area contributed by atoms with Gasteiger partial charge in [-0.2, -0.15) is 14.0 Å². The highest BCUT2D eigenvalue weighted by molar-refractivity contribution is 5.78.